The summed E-state index contributed by atoms with van der Waals surface area (Å²) in [5.74, 6) is 2.02. The van der Waals surface area contributed by atoms with Crippen molar-refractivity contribution in [2.75, 3.05) is 28.4 Å². The summed E-state index contributed by atoms with van der Waals surface area (Å²) in [4.78, 5) is 8.42. The van der Waals surface area contributed by atoms with Gasteiger partial charge < -0.3 is 29.0 Å². The number of ether oxygens (including phenoxy) is 4. The second-order valence-electron chi connectivity index (χ2n) is 9.52. The van der Waals surface area contributed by atoms with E-state index in [1.807, 2.05) is 30.5 Å². The number of hydrogen-bond acceptors (Lipinski definition) is 6. The third-order valence-electron chi connectivity index (χ3n) is 7.43. The van der Waals surface area contributed by atoms with Crippen molar-refractivity contribution in [3.8, 4) is 34.1 Å². The number of fused-ring (bicyclic) bond motifs is 2. The van der Waals surface area contributed by atoms with Crippen LogP contribution in [0.5, 0.6) is 23.0 Å². The number of halogens is 2. The number of aromatic nitrogens is 1. The lowest BCUT2D eigenvalue weighted by Gasteiger charge is -2.29. The van der Waals surface area contributed by atoms with Crippen LogP contribution in [0.1, 0.15) is 16.7 Å². The van der Waals surface area contributed by atoms with Gasteiger partial charge in [0, 0.05) is 40.0 Å². The number of aromatic amines is 1. The molecular formula is C32H26Cl2N2O5. The molecule has 0 bridgehead atoms. The van der Waals surface area contributed by atoms with Gasteiger partial charge in [-0.05, 0) is 35.4 Å². The summed E-state index contributed by atoms with van der Waals surface area (Å²) in [5.41, 5.74) is 3.22. The van der Waals surface area contributed by atoms with Crippen molar-refractivity contribution in [1.82, 2.24) is 4.98 Å². The monoisotopic (exact) mass is 588 g/mol. The van der Waals surface area contributed by atoms with Crippen LogP contribution in [0.4, 0.5) is 5.69 Å². The van der Waals surface area contributed by atoms with E-state index in [1.165, 1.54) is 0 Å². The van der Waals surface area contributed by atoms with E-state index in [9.17, 15) is 5.11 Å². The first-order valence-corrected chi connectivity index (χ1v) is 13.5. The van der Waals surface area contributed by atoms with Gasteiger partial charge in [0.15, 0.2) is 5.60 Å². The Morgan fingerprint density at radius 3 is 2.00 bits per heavy atom. The van der Waals surface area contributed by atoms with Gasteiger partial charge in [-0.1, -0.05) is 47.5 Å². The molecule has 2 N–H and O–H groups in total. The van der Waals surface area contributed by atoms with Crippen LogP contribution >= 0.6 is 23.2 Å². The van der Waals surface area contributed by atoms with E-state index in [-0.39, 0.29) is 0 Å². The largest absolute Gasteiger partial charge is 0.497 e. The molecule has 0 radical (unpaired) electrons. The average Bonchev–Trinajstić information content (AvgIpc) is 3.56. The minimum Gasteiger partial charge on any atom is -0.497 e. The number of methoxy groups -OCH3 is 4. The fourth-order valence-electron chi connectivity index (χ4n) is 5.51. The van der Waals surface area contributed by atoms with E-state index in [0.717, 1.165) is 16.5 Å². The molecule has 0 fully saturated rings. The van der Waals surface area contributed by atoms with Crippen LogP contribution in [0, 0.1) is 0 Å². The zero-order chi connectivity index (χ0) is 28.9. The van der Waals surface area contributed by atoms with Crippen molar-refractivity contribution in [3.63, 3.8) is 0 Å². The lowest BCUT2D eigenvalue weighted by molar-refractivity contribution is 0.156. The van der Waals surface area contributed by atoms with E-state index < -0.39 is 5.60 Å². The van der Waals surface area contributed by atoms with E-state index in [4.69, 9.17) is 47.1 Å². The first kappa shape index (κ1) is 27.0. The van der Waals surface area contributed by atoms with E-state index in [0.29, 0.717) is 66.6 Å². The van der Waals surface area contributed by atoms with Crippen molar-refractivity contribution in [2.24, 2.45) is 4.99 Å². The number of H-pyrrole nitrogens is 1. The standard InChI is InChI=1S/C32H26Cl2N2O5/c1-38-21-13-23-29(26(14-21)41-4)32(37,18-7-11-20(34)12-8-18)31(36-23)28-25(40-3)15-24(39-2)27-22(16-35-30(27)28)17-5-9-19(33)10-6-17/h5-16,35,37H,1-4H3. The molecule has 1 aromatic heterocycles. The molecule has 5 aromatic rings. The number of nitrogens with zero attached hydrogens (tertiary/aromatic N) is 1. The van der Waals surface area contributed by atoms with E-state index >= 15 is 0 Å². The summed E-state index contributed by atoms with van der Waals surface area (Å²) in [7, 11) is 6.29. The molecule has 9 heteroatoms. The Kier molecular flexibility index (Phi) is 6.82. The van der Waals surface area contributed by atoms with Crippen LogP contribution in [0.3, 0.4) is 0 Å². The second kappa shape index (κ2) is 10.3. The van der Waals surface area contributed by atoms with Crippen molar-refractivity contribution in [2.45, 2.75) is 5.60 Å². The first-order chi connectivity index (χ1) is 19.8. The van der Waals surface area contributed by atoms with Gasteiger partial charge in [-0.15, -0.1) is 0 Å². The van der Waals surface area contributed by atoms with Crippen molar-refractivity contribution < 1.29 is 24.1 Å². The van der Waals surface area contributed by atoms with Crippen LogP contribution in [0.15, 0.2) is 77.9 Å². The Morgan fingerprint density at radius 1 is 0.756 bits per heavy atom. The zero-order valence-electron chi connectivity index (χ0n) is 22.7. The third-order valence-corrected chi connectivity index (χ3v) is 7.93. The summed E-state index contributed by atoms with van der Waals surface area (Å²) < 4.78 is 23.0. The topological polar surface area (TPSA) is 85.3 Å². The van der Waals surface area contributed by atoms with Crippen molar-refractivity contribution >= 4 is 45.5 Å². The minimum atomic E-state index is -1.74. The molecule has 0 aliphatic carbocycles. The van der Waals surface area contributed by atoms with Gasteiger partial charge in [0.05, 0.1) is 61.9 Å². The van der Waals surface area contributed by atoms with Crippen LogP contribution in [-0.2, 0) is 5.60 Å². The maximum atomic E-state index is 12.8. The fraction of sp³-hybridized carbons (Fsp3) is 0.156. The molecule has 6 rings (SSSR count). The summed E-state index contributed by atoms with van der Waals surface area (Å²) >= 11 is 12.4. The van der Waals surface area contributed by atoms with Crippen LogP contribution in [-0.4, -0.2) is 44.2 Å². The molecule has 7 nitrogen and oxygen atoms in total. The summed E-state index contributed by atoms with van der Waals surface area (Å²) in [5, 5.41) is 14.8. The molecule has 1 aliphatic heterocycles. The highest BCUT2D eigenvalue weighted by Crippen LogP contribution is 2.53. The number of rotatable bonds is 7. The molecule has 1 atom stereocenters. The van der Waals surface area contributed by atoms with Gasteiger partial charge in [-0.25, -0.2) is 4.99 Å². The number of aliphatic hydroxyl groups is 1. The molecule has 0 amide bonds. The van der Waals surface area contributed by atoms with Gasteiger partial charge in [-0.2, -0.15) is 0 Å². The highest BCUT2D eigenvalue weighted by molar-refractivity contribution is 6.31. The molecule has 1 unspecified atom stereocenters. The molecule has 41 heavy (non-hydrogen) atoms. The van der Waals surface area contributed by atoms with Crippen LogP contribution in [0.2, 0.25) is 10.0 Å². The van der Waals surface area contributed by atoms with Gasteiger partial charge in [0.2, 0.25) is 0 Å². The Balaban J connectivity index is 1.70. The maximum absolute atomic E-state index is 12.8. The summed E-state index contributed by atoms with van der Waals surface area (Å²) in [6.07, 6.45) is 1.90. The number of nitrogens with one attached hydrogen (secondary N) is 1. The average molecular weight is 589 g/mol. The van der Waals surface area contributed by atoms with Gasteiger partial charge in [-0.3, -0.25) is 0 Å². The lowest BCUT2D eigenvalue weighted by atomic mass is 9.79. The number of aliphatic imine (C=N–C) groups is 1. The van der Waals surface area contributed by atoms with Gasteiger partial charge >= 0.3 is 0 Å². The summed E-state index contributed by atoms with van der Waals surface area (Å²) in [6.45, 7) is 0. The minimum absolute atomic E-state index is 0.343. The van der Waals surface area contributed by atoms with Crippen molar-refractivity contribution in [1.29, 1.82) is 0 Å². The van der Waals surface area contributed by atoms with Crippen molar-refractivity contribution in [3.05, 3.63) is 99.7 Å². The molecular weight excluding hydrogens is 563 g/mol. The number of benzene rings is 4. The van der Waals surface area contributed by atoms with Crippen LogP contribution in [0.25, 0.3) is 22.0 Å². The number of hydrogen-bond donors (Lipinski definition) is 2. The molecule has 1 aliphatic rings. The quantitative estimate of drug-likeness (QED) is 0.205. The molecule has 4 aromatic carbocycles. The Labute approximate surface area is 246 Å². The molecule has 0 spiro atoms. The van der Waals surface area contributed by atoms with Gasteiger partial charge in [0.1, 0.15) is 23.0 Å². The highest BCUT2D eigenvalue weighted by Gasteiger charge is 2.48. The third kappa shape index (κ3) is 4.20. The molecule has 0 saturated heterocycles. The smallest absolute Gasteiger partial charge is 0.163 e. The van der Waals surface area contributed by atoms with Crippen LogP contribution < -0.4 is 18.9 Å². The Morgan fingerprint density at radius 2 is 1.39 bits per heavy atom. The molecule has 0 saturated carbocycles. The first-order valence-electron chi connectivity index (χ1n) is 12.7. The van der Waals surface area contributed by atoms with Gasteiger partial charge in [0.25, 0.3) is 0 Å². The second-order valence-corrected chi connectivity index (χ2v) is 10.4. The highest BCUT2D eigenvalue weighted by atomic mass is 35.5. The summed E-state index contributed by atoms with van der Waals surface area (Å²) in [6, 6.07) is 19.9. The molecule has 2 heterocycles. The Hall–Kier alpha value is -4.17. The van der Waals surface area contributed by atoms with E-state index in [2.05, 4.69) is 4.98 Å². The molecule has 208 valence electrons. The van der Waals surface area contributed by atoms with E-state index in [1.54, 1.807) is 70.9 Å². The Bertz CT molecular complexity index is 1810. The lowest BCUT2D eigenvalue weighted by Crippen LogP contribution is -2.35. The zero-order valence-corrected chi connectivity index (χ0v) is 24.2. The normalized spacial score (nSPS) is 15.9. The predicted octanol–water partition coefficient (Wildman–Crippen LogP) is 7.55. The fourth-order valence-corrected chi connectivity index (χ4v) is 5.76. The maximum Gasteiger partial charge on any atom is 0.163 e. The SMILES string of the molecule is COc1cc2c(c(OC)c1)C(O)(c1ccc(Cl)cc1)C(c1c(OC)cc(OC)c3c(-c4ccc(Cl)cc4)c[nH]c13)=N2. The predicted molar refractivity (Wildman–Crippen MR) is 162 cm³/mol.